The summed E-state index contributed by atoms with van der Waals surface area (Å²) in [5, 5.41) is 3.07. The van der Waals surface area contributed by atoms with Crippen LogP contribution in [0.3, 0.4) is 0 Å². The predicted molar refractivity (Wildman–Crippen MR) is 111 cm³/mol. The largest absolute Gasteiger partial charge is 0.350 e. The minimum atomic E-state index is -0.196. The highest BCUT2D eigenvalue weighted by Gasteiger charge is 2.59. The summed E-state index contributed by atoms with van der Waals surface area (Å²) in [5.74, 6) is -0.221. The van der Waals surface area contributed by atoms with E-state index in [-0.39, 0.29) is 47.4 Å². The number of anilines is 1. The van der Waals surface area contributed by atoms with Crippen molar-refractivity contribution >= 4 is 29.5 Å². The topological polar surface area (TPSA) is 66.5 Å². The first-order valence-corrected chi connectivity index (χ1v) is 10.8. The molecule has 2 bridgehead atoms. The standard InChI is InChI=1S/C24H26N2O3/c27-20(25-18-6-2-1-3-7-18)12-9-15-5-4-8-19(13-15)26-23(28)21-16-10-11-17(14-16)22(21)24(26)29/h4-5,8-13,16-18,21-22H,1-3,6-7,14H2,(H,25,27)/b12-9+. The number of fused-ring (bicyclic) bond motifs is 5. The Labute approximate surface area is 170 Å². The van der Waals surface area contributed by atoms with E-state index in [0.29, 0.717) is 5.69 Å². The molecule has 2 saturated carbocycles. The SMILES string of the molecule is O=C(/C=C/c1cccc(N2C(=O)C3C4C=CC(C4)C3C2=O)c1)NC1CCCCC1. The number of carbonyl (C=O) groups excluding carboxylic acids is 3. The van der Waals surface area contributed by atoms with E-state index in [2.05, 4.69) is 17.5 Å². The van der Waals surface area contributed by atoms with Crippen LogP contribution in [0.4, 0.5) is 5.69 Å². The van der Waals surface area contributed by atoms with Gasteiger partial charge in [0.1, 0.15) is 0 Å². The molecular formula is C24H26N2O3. The van der Waals surface area contributed by atoms with Crippen LogP contribution >= 0.6 is 0 Å². The Morgan fingerprint density at radius 3 is 2.38 bits per heavy atom. The lowest BCUT2D eigenvalue weighted by Gasteiger charge is -2.21. The van der Waals surface area contributed by atoms with E-state index >= 15 is 0 Å². The van der Waals surface area contributed by atoms with Gasteiger partial charge in [0.05, 0.1) is 17.5 Å². The van der Waals surface area contributed by atoms with Crippen molar-refractivity contribution in [3.63, 3.8) is 0 Å². The zero-order valence-electron chi connectivity index (χ0n) is 16.4. The fraction of sp³-hybridized carbons (Fsp3) is 0.458. The van der Waals surface area contributed by atoms with E-state index in [4.69, 9.17) is 0 Å². The first kappa shape index (κ1) is 18.3. The van der Waals surface area contributed by atoms with Crippen LogP contribution in [0.1, 0.15) is 44.1 Å². The van der Waals surface area contributed by atoms with Crippen LogP contribution in [0.25, 0.3) is 6.08 Å². The maximum absolute atomic E-state index is 13.0. The second-order valence-electron chi connectivity index (χ2n) is 8.78. The van der Waals surface area contributed by atoms with Crippen LogP contribution in [0, 0.1) is 23.7 Å². The van der Waals surface area contributed by atoms with E-state index in [1.807, 2.05) is 18.2 Å². The van der Waals surface area contributed by atoms with Crippen molar-refractivity contribution < 1.29 is 14.4 Å². The van der Waals surface area contributed by atoms with Crippen LogP contribution in [-0.4, -0.2) is 23.8 Å². The molecule has 1 N–H and O–H groups in total. The lowest BCUT2D eigenvalue weighted by atomic mass is 9.85. The average Bonchev–Trinajstić information content (AvgIpc) is 3.41. The summed E-state index contributed by atoms with van der Waals surface area (Å²) in [6.07, 6.45) is 14.1. The number of nitrogens with zero attached hydrogens (tertiary/aromatic N) is 1. The molecule has 5 rings (SSSR count). The Hall–Kier alpha value is -2.69. The van der Waals surface area contributed by atoms with Crippen molar-refractivity contribution in [1.29, 1.82) is 0 Å². The Bertz CT molecular complexity index is 882. The number of benzene rings is 1. The minimum absolute atomic E-state index is 0.0759. The molecule has 1 aliphatic heterocycles. The maximum Gasteiger partial charge on any atom is 0.244 e. The molecule has 4 unspecified atom stereocenters. The molecule has 1 saturated heterocycles. The predicted octanol–water partition coefficient (Wildman–Crippen LogP) is 3.46. The normalized spacial score (nSPS) is 31.1. The summed E-state index contributed by atoms with van der Waals surface area (Å²) in [6.45, 7) is 0. The van der Waals surface area contributed by atoms with Crippen molar-refractivity contribution in [2.75, 3.05) is 4.90 Å². The number of allylic oxidation sites excluding steroid dienone is 2. The average molecular weight is 390 g/mol. The third kappa shape index (κ3) is 3.22. The summed E-state index contributed by atoms with van der Waals surface area (Å²) < 4.78 is 0. The van der Waals surface area contributed by atoms with Gasteiger partial charge in [-0.25, -0.2) is 4.90 Å². The van der Waals surface area contributed by atoms with Gasteiger partial charge < -0.3 is 5.32 Å². The summed E-state index contributed by atoms with van der Waals surface area (Å²) in [7, 11) is 0. The highest BCUT2D eigenvalue weighted by molar-refractivity contribution is 6.22. The minimum Gasteiger partial charge on any atom is -0.350 e. The van der Waals surface area contributed by atoms with Gasteiger partial charge in [0.2, 0.25) is 17.7 Å². The van der Waals surface area contributed by atoms with Crippen molar-refractivity contribution in [3.8, 4) is 0 Å². The quantitative estimate of drug-likeness (QED) is 0.486. The van der Waals surface area contributed by atoms with E-state index in [1.54, 1.807) is 18.2 Å². The molecule has 3 aliphatic carbocycles. The molecular weight excluding hydrogens is 364 g/mol. The molecule has 5 heteroatoms. The fourth-order valence-electron chi connectivity index (χ4n) is 5.59. The van der Waals surface area contributed by atoms with Gasteiger partial charge >= 0.3 is 0 Å². The highest BCUT2D eigenvalue weighted by atomic mass is 16.2. The summed E-state index contributed by atoms with van der Waals surface area (Å²) in [4.78, 5) is 39.5. The van der Waals surface area contributed by atoms with Crippen LogP contribution in [0.2, 0.25) is 0 Å². The molecule has 4 atom stereocenters. The van der Waals surface area contributed by atoms with Crippen LogP contribution < -0.4 is 10.2 Å². The van der Waals surface area contributed by atoms with Gasteiger partial charge in [-0.05, 0) is 54.9 Å². The number of nitrogens with one attached hydrogen (secondary N) is 1. The van der Waals surface area contributed by atoms with Crippen molar-refractivity contribution in [2.45, 2.75) is 44.6 Å². The zero-order chi connectivity index (χ0) is 20.0. The molecule has 3 amide bonds. The molecule has 29 heavy (non-hydrogen) atoms. The third-order valence-electron chi connectivity index (χ3n) is 6.98. The lowest BCUT2D eigenvalue weighted by molar-refractivity contribution is -0.123. The first-order valence-electron chi connectivity index (χ1n) is 10.8. The Balaban J connectivity index is 1.29. The Kier molecular flexibility index (Phi) is 4.61. The number of carbonyl (C=O) groups is 3. The van der Waals surface area contributed by atoms with Crippen LogP contribution in [0.5, 0.6) is 0 Å². The van der Waals surface area contributed by atoms with Gasteiger partial charge in [0.25, 0.3) is 0 Å². The lowest BCUT2D eigenvalue weighted by Crippen LogP contribution is -2.34. The zero-order valence-corrected chi connectivity index (χ0v) is 16.4. The highest BCUT2D eigenvalue weighted by Crippen LogP contribution is 2.53. The van der Waals surface area contributed by atoms with Gasteiger partial charge in [-0.3, -0.25) is 14.4 Å². The van der Waals surface area contributed by atoms with Crippen molar-refractivity contribution in [3.05, 3.63) is 48.1 Å². The molecule has 1 aromatic carbocycles. The monoisotopic (exact) mass is 390 g/mol. The first-order chi connectivity index (χ1) is 14.1. The maximum atomic E-state index is 13.0. The molecule has 0 aromatic heterocycles. The third-order valence-corrected chi connectivity index (χ3v) is 6.98. The summed E-state index contributed by atoms with van der Waals surface area (Å²) >= 11 is 0. The van der Waals surface area contributed by atoms with Crippen molar-refractivity contribution in [2.24, 2.45) is 23.7 Å². The second-order valence-corrected chi connectivity index (χ2v) is 8.78. The van der Waals surface area contributed by atoms with Crippen molar-refractivity contribution in [1.82, 2.24) is 5.32 Å². The van der Waals surface area contributed by atoms with Gasteiger partial charge in [-0.1, -0.05) is 43.5 Å². The van der Waals surface area contributed by atoms with Crippen LogP contribution in [0.15, 0.2) is 42.5 Å². The summed E-state index contributed by atoms with van der Waals surface area (Å²) in [5.41, 5.74) is 1.41. The second kappa shape index (κ2) is 7.29. The van der Waals surface area contributed by atoms with E-state index < -0.39 is 0 Å². The molecule has 1 heterocycles. The van der Waals surface area contributed by atoms with Crippen LogP contribution in [-0.2, 0) is 14.4 Å². The molecule has 4 aliphatic rings. The smallest absolute Gasteiger partial charge is 0.244 e. The molecule has 3 fully saturated rings. The van der Waals surface area contributed by atoms with Gasteiger partial charge in [-0.2, -0.15) is 0 Å². The van der Waals surface area contributed by atoms with E-state index in [0.717, 1.165) is 24.8 Å². The number of hydrogen-bond acceptors (Lipinski definition) is 3. The number of rotatable bonds is 4. The molecule has 5 nitrogen and oxygen atoms in total. The Morgan fingerprint density at radius 1 is 1.00 bits per heavy atom. The number of hydrogen-bond donors (Lipinski definition) is 1. The molecule has 150 valence electrons. The van der Waals surface area contributed by atoms with E-state index in [1.165, 1.54) is 24.2 Å². The number of imide groups is 1. The van der Waals surface area contributed by atoms with E-state index in [9.17, 15) is 14.4 Å². The Morgan fingerprint density at radius 2 is 1.69 bits per heavy atom. The summed E-state index contributed by atoms with van der Waals surface area (Å²) in [6, 6.07) is 7.60. The number of amides is 3. The fourth-order valence-corrected chi connectivity index (χ4v) is 5.59. The molecule has 0 radical (unpaired) electrons. The van der Waals surface area contributed by atoms with Gasteiger partial charge in [0.15, 0.2) is 0 Å². The van der Waals surface area contributed by atoms with Gasteiger partial charge in [0, 0.05) is 12.1 Å². The molecule has 0 spiro atoms. The molecule has 1 aromatic rings. The van der Waals surface area contributed by atoms with Gasteiger partial charge in [-0.15, -0.1) is 0 Å².